The Morgan fingerprint density at radius 3 is 2.57 bits per heavy atom. The first-order valence-corrected chi connectivity index (χ1v) is 7.36. The third kappa shape index (κ3) is 3.23. The Morgan fingerprint density at radius 1 is 1.38 bits per heavy atom. The summed E-state index contributed by atoms with van der Waals surface area (Å²) in [5.74, 6) is -1.77. The van der Waals surface area contributed by atoms with Gasteiger partial charge in [0.05, 0.1) is 5.54 Å². The number of amides is 1. The van der Waals surface area contributed by atoms with Crippen molar-refractivity contribution in [2.75, 3.05) is 6.54 Å². The van der Waals surface area contributed by atoms with Crippen molar-refractivity contribution in [1.29, 1.82) is 0 Å². The van der Waals surface area contributed by atoms with Gasteiger partial charge in [0.2, 0.25) is 0 Å². The van der Waals surface area contributed by atoms with Gasteiger partial charge < -0.3 is 11.1 Å². The molecule has 1 saturated carbocycles. The topological polar surface area (TPSA) is 55.1 Å². The lowest BCUT2D eigenvalue weighted by molar-refractivity contribution is 0.0851. The summed E-state index contributed by atoms with van der Waals surface area (Å²) in [6.45, 7) is 3.94. The van der Waals surface area contributed by atoms with Gasteiger partial charge in [-0.2, -0.15) is 0 Å². The summed E-state index contributed by atoms with van der Waals surface area (Å²) in [4.78, 5) is 12.3. The molecule has 0 atom stereocenters. The van der Waals surface area contributed by atoms with Gasteiger partial charge in [-0.15, -0.1) is 0 Å². The lowest BCUT2D eigenvalue weighted by atomic mass is 9.77. The first kappa shape index (κ1) is 15.9. The molecule has 0 unspecified atom stereocenters. The summed E-state index contributed by atoms with van der Waals surface area (Å²) in [5, 5.41) is 2.78. The summed E-state index contributed by atoms with van der Waals surface area (Å²) in [6, 6.07) is 2.44. The number of carbonyl (C=O) groups is 1. The van der Waals surface area contributed by atoms with Crippen LogP contribution in [0, 0.1) is 24.5 Å². The van der Waals surface area contributed by atoms with E-state index in [-0.39, 0.29) is 12.1 Å². The molecular weight excluding hydrogens is 274 g/mol. The van der Waals surface area contributed by atoms with Gasteiger partial charge in [-0.25, -0.2) is 8.78 Å². The third-order valence-electron chi connectivity index (χ3n) is 4.51. The summed E-state index contributed by atoms with van der Waals surface area (Å²) >= 11 is 0. The predicted molar refractivity (Wildman–Crippen MR) is 78.0 cm³/mol. The fourth-order valence-electron chi connectivity index (χ4n) is 2.86. The molecule has 0 bridgehead atoms. The summed E-state index contributed by atoms with van der Waals surface area (Å²) in [7, 11) is 0. The van der Waals surface area contributed by atoms with E-state index in [2.05, 4.69) is 12.2 Å². The van der Waals surface area contributed by atoms with Crippen molar-refractivity contribution in [1.82, 2.24) is 5.32 Å². The molecule has 0 heterocycles. The molecule has 21 heavy (non-hydrogen) atoms. The van der Waals surface area contributed by atoms with Crippen molar-refractivity contribution in [3.63, 3.8) is 0 Å². The number of nitrogens with one attached hydrogen (secondary N) is 1. The quantitative estimate of drug-likeness (QED) is 0.901. The van der Waals surface area contributed by atoms with Crippen LogP contribution in [0.2, 0.25) is 0 Å². The highest BCUT2D eigenvalue weighted by Gasteiger charge is 2.35. The van der Waals surface area contributed by atoms with Gasteiger partial charge in [0, 0.05) is 6.54 Å². The van der Waals surface area contributed by atoms with Crippen LogP contribution in [0.15, 0.2) is 12.1 Å². The van der Waals surface area contributed by atoms with E-state index >= 15 is 0 Å². The molecule has 2 rings (SSSR count). The van der Waals surface area contributed by atoms with E-state index in [1.165, 1.54) is 13.0 Å². The van der Waals surface area contributed by atoms with E-state index in [9.17, 15) is 13.6 Å². The Hall–Kier alpha value is -1.49. The van der Waals surface area contributed by atoms with Gasteiger partial charge >= 0.3 is 0 Å². The minimum atomic E-state index is -0.841. The fourth-order valence-corrected chi connectivity index (χ4v) is 2.86. The number of hydrogen-bond acceptors (Lipinski definition) is 2. The van der Waals surface area contributed by atoms with Crippen LogP contribution in [0.5, 0.6) is 0 Å². The monoisotopic (exact) mass is 296 g/mol. The van der Waals surface area contributed by atoms with E-state index < -0.39 is 28.6 Å². The van der Waals surface area contributed by atoms with E-state index in [1.54, 1.807) is 0 Å². The molecule has 1 fully saturated rings. The highest BCUT2D eigenvalue weighted by molar-refractivity contribution is 5.95. The molecule has 1 aliphatic rings. The molecule has 116 valence electrons. The van der Waals surface area contributed by atoms with Crippen molar-refractivity contribution in [2.45, 2.75) is 45.1 Å². The zero-order chi connectivity index (χ0) is 15.6. The van der Waals surface area contributed by atoms with E-state index in [0.717, 1.165) is 31.7 Å². The molecule has 1 aromatic rings. The Kier molecular flexibility index (Phi) is 4.61. The zero-order valence-electron chi connectivity index (χ0n) is 12.5. The fraction of sp³-hybridized carbons (Fsp3) is 0.562. The Labute approximate surface area is 123 Å². The number of halogens is 2. The van der Waals surface area contributed by atoms with Gasteiger partial charge in [-0.1, -0.05) is 13.0 Å². The van der Waals surface area contributed by atoms with Gasteiger partial charge in [-0.05, 0) is 50.2 Å². The standard InChI is InChI=1S/C16H22F2N2O/c1-10-5-7-16(9-19,8-6-10)20-15(21)13-12(17)4-3-11(2)14(13)18/h3-4,10H,5-9,19H2,1-2H3,(H,20,21). The molecule has 3 N–H and O–H groups in total. The van der Waals surface area contributed by atoms with Crippen LogP contribution in [0.25, 0.3) is 0 Å². The Morgan fingerprint density at radius 2 is 2.00 bits per heavy atom. The van der Waals surface area contributed by atoms with Crippen molar-refractivity contribution in [2.24, 2.45) is 11.7 Å². The number of carbonyl (C=O) groups excluding carboxylic acids is 1. The predicted octanol–water partition coefficient (Wildman–Crippen LogP) is 2.91. The van der Waals surface area contributed by atoms with Crippen LogP contribution < -0.4 is 11.1 Å². The maximum absolute atomic E-state index is 14.0. The SMILES string of the molecule is Cc1ccc(F)c(C(=O)NC2(CN)CCC(C)CC2)c1F. The minimum Gasteiger partial charge on any atom is -0.345 e. The molecule has 3 nitrogen and oxygen atoms in total. The number of hydrogen-bond donors (Lipinski definition) is 2. The average Bonchev–Trinajstić information content (AvgIpc) is 2.46. The van der Waals surface area contributed by atoms with Crippen molar-refractivity contribution in [3.05, 3.63) is 34.9 Å². The van der Waals surface area contributed by atoms with Crippen molar-refractivity contribution >= 4 is 5.91 Å². The highest BCUT2D eigenvalue weighted by atomic mass is 19.1. The lowest BCUT2D eigenvalue weighted by Gasteiger charge is -2.39. The summed E-state index contributed by atoms with van der Waals surface area (Å²) < 4.78 is 27.8. The van der Waals surface area contributed by atoms with E-state index in [1.807, 2.05) is 0 Å². The Balaban J connectivity index is 2.23. The van der Waals surface area contributed by atoms with Gasteiger partial charge in [0.25, 0.3) is 5.91 Å². The normalized spacial score (nSPS) is 25.7. The van der Waals surface area contributed by atoms with Crippen LogP contribution in [-0.4, -0.2) is 18.0 Å². The number of aryl methyl sites for hydroxylation is 1. The summed E-state index contributed by atoms with van der Waals surface area (Å²) in [6.07, 6.45) is 3.39. The third-order valence-corrected chi connectivity index (χ3v) is 4.51. The molecule has 1 aliphatic carbocycles. The van der Waals surface area contributed by atoms with Crippen LogP contribution >= 0.6 is 0 Å². The van der Waals surface area contributed by atoms with Gasteiger partial charge in [-0.3, -0.25) is 4.79 Å². The second-order valence-electron chi connectivity index (χ2n) is 6.17. The first-order valence-electron chi connectivity index (χ1n) is 7.36. The van der Waals surface area contributed by atoms with Crippen molar-refractivity contribution < 1.29 is 13.6 Å². The first-order chi connectivity index (χ1) is 9.88. The van der Waals surface area contributed by atoms with E-state index in [4.69, 9.17) is 5.73 Å². The highest BCUT2D eigenvalue weighted by Crippen LogP contribution is 2.31. The largest absolute Gasteiger partial charge is 0.345 e. The molecule has 5 heteroatoms. The van der Waals surface area contributed by atoms with E-state index in [0.29, 0.717) is 5.92 Å². The second kappa shape index (κ2) is 6.10. The molecule has 0 saturated heterocycles. The molecule has 1 amide bonds. The molecule has 0 aliphatic heterocycles. The Bertz CT molecular complexity index is 537. The molecular formula is C16H22F2N2O. The smallest absolute Gasteiger partial charge is 0.257 e. The van der Waals surface area contributed by atoms with Crippen LogP contribution in [0.3, 0.4) is 0 Å². The molecule has 0 spiro atoms. The molecule has 1 aromatic carbocycles. The molecule has 0 radical (unpaired) electrons. The van der Waals surface area contributed by atoms with Gasteiger partial charge in [0.15, 0.2) is 0 Å². The number of rotatable bonds is 3. The zero-order valence-corrected chi connectivity index (χ0v) is 12.5. The minimum absolute atomic E-state index is 0.251. The number of nitrogens with two attached hydrogens (primary N) is 1. The maximum Gasteiger partial charge on any atom is 0.257 e. The molecule has 0 aromatic heterocycles. The van der Waals surface area contributed by atoms with Crippen molar-refractivity contribution in [3.8, 4) is 0 Å². The van der Waals surface area contributed by atoms with Crippen LogP contribution in [0.4, 0.5) is 8.78 Å². The number of benzene rings is 1. The lowest BCUT2D eigenvalue weighted by Crippen LogP contribution is -2.55. The summed E-state index contributed by atoms with van der Waals surface area (Å²) in [5.41, 5.74) is 5.00. The van der Waals surface area contributed by atoms with Crippen LogP contribution in [-0.2, 0) is 0 Å². The van der Waals surface area contributed by atoms with Gasteiger partial charge in [0.1, 0.15) is 17.2 Å². The van der Waals surface area contributed by atoms with Crippen LogP contribution in [0.1, 0.15) is 48.5 Å². The average molecular weight is 296 g/mol. The second-order valence-corrected chi connectivity index (χ2v) is 6.17. The maximum atomic E-state index is 14.0.